The van der Waals surface area contributed by atoms with Crippen molar-refractivity contribution in [2.24, 2.45) is 0 Å². The van der Waals surface area contributed by atoms with Crippen LogP contribution in [0.15, 0.2) is 81.2 Å². The number of hydrogen-bond acceptors (Lipinski definition) is 5. The third kappa shape index (κ3) is 3.82. The highest BCUT2D eigenvalue weighted by Gasteiger charge is 2.28. The summed E-state index contributed by atoms with van der Waals surface area (Å²) in [6.45, 7) is -0.319. The molecule has 0 bridgehead atoms. The van der Waals surface area contributed by atoms with Gasteiger partial charge in [-0.05, 0) is 52.7 Å². The van der Waals surface area contributed by atoms with Crippen LogP contribution >= 0.6 is 23.1 Å². The highest BCUT2D eigenvalue weighted by atomic mass is 32.2. The highest BCUT2D eigenvalue weighted by Crippen LogP contribution is 2.47. The number of carbonyl (C=O) groups is 2. The number of anilines is 2. The van der Waals surface area contributed by atoms with Crippen LogP contribution in [0.4, 0.5) is 11.4 Å². The minimum atomic E-state index is -0.539. The van der Waals surface area contributed by atoms with Crippen LogP contribution in [0.25, 0.3) is 6.08 Å². The van der Waals surface area contributed by atoms with E-state index in [1.54, 1.807) is 34.1 Å². The molecule has 1 aliphatic heterocycles. The Morgan fingerprint density at radius 1 is 0.963 bits per heavy atom. The molecule has 1 amide bonds. The molecule has 0 radical (unpaired) electrons. The molecule has 2 heterocycles. The van der Waals surface area contributed by atoms with Gasteiger partial charge in [0, 0.05) is 15.9 Å². The molecular formula is C21H15NO3S2. The van der Waals surface area contributed by atoms with Crippen molar-refractivity contribution < 1.29 is 14.3 Å². The summed E-state index contributed by atoms with van der Waals surface area (Å²) in [5.74, 6) is -0.824. The van der Waals surface area contributed by atoms with Crippen molar-refractivity contribution >= 4 is 52.4 Å². The molecule has 2 aromatic carbocycles. The molecule has 4 nitrogen and oxygen atoms in total. The van der Waals surface area contributed by atoms with Gasteiger partial charge in [0.1, 0.15) is 0 Å². The maximum Gasteiger partial charge on any atom is 0.331 e. The van der Waals surface area contributed by atoms with Crippen LogP contribution in [0.5, 0.6) is 0 Å². The Kier molecular flexibility index (Phi) is 5.09. The van der Waals surface area contributed by atoms with Crippen LogP contribution in [0, 0.1) is 0 Å². The van der Waals surface area contributed by atoms with Crippen molar-refractivity contribution in [1.29, 1.82) is 0 Å². The molecule has 134 valence electrons. The second-order valence-electron chi connectivity index (χ2n) is 5.76. The minimum Gasteiger partial charge on any atom is -0.452 e. The Bertz CT molecular complexity index is 966. The number of nitrogens with zero attached hydrogens (tertiary/aromatic N) is 1. The van der Waals surface area contributed by atoms with Crippen molar-refractivity contribution in [3.63, 3.8) is 0 Å². The highest BCUT2D eigenvalue weighted by molar-refractivity contribution is 7.99. The number of esters is 1. The molecule has 0 saturated heterocycles. The van der Waals surface area contributed by atoms with Gasteiger partial charge in [-0.3, -0.25) is 9.69 Å². The van der Waals surface area contributed by atoms with Gasteiger partial charge in [0.2, 0.25) is 0 Å². The number of hydrogen-bond donors (Lipinski definition) is 0. The average Bonchev–Trinajstić information content (AvgIpc) is 3.22. The summed E-state index contributed by atoms with van der Waals surface area (Å²) in [5, 5.41) is 3.85. The van der Waals surface area contributed by atoms with Crippen LogP contribution in [0.2, 0.25) is 0 Å². The van der Waals surface area contributed by atoms with Crippen LogP contribution in [0.1, 0.15) is 5.56 Å². The number of ether oxygens (including phenoxy) is 1. The molecule has 3 aromatic rings. The van der Waals surface area contributed by atoms with Gasteiger partial charge in [0.25, 0.3) is 5.91 Å². The second kappa shape index (κ2) is 7.82. The van der Waals surface area contributed by atoms with E-state index in [9.17, 15) is 9.59 Å². The minimum absolute atomic E-state index is 0.285. The number of para-hydroxylation sites is 2. The lowest BCUT2D eigenvalue weighted by molar-refractivity contribution is -0.142. The lowest BCUT2D eigenvalue weighted by Crippen LogP contribution is -2.32. The molecule has 27 heavy (non-hydrogen) atoms. The fourth-order valence-corrected chi connectivity index (χ4v) is 4.44. The third-order valence-corrected chi connectivity index (χ3v) is 5.81. The van der Waals surface area contributed by atoms with Gasteiger partial charge in [-0.15, -0.1) is 0 Å². The Balaban J connectivity index is 1.51. The molecule has 1 aliphatic rings. The summed E-state index contributed by atoms with van der Waals surface area (Å²) in [5.41, 5.74) is 2.53. The van der Waals surface area contributed by atoms with Crippen LogP contribution in [-0.4, -0.2) is 18.5 Å². The molecule has 0 N–H and O–H groups in total. The number of fused-ring (bicyclic) bond motifs is 2. The Morgan fingerprint density at radius 3 is 2.26 bits per heavy atom. The predicted octanol–water partition coefficient (Wildman–Crippen LogP) is 5.13. The first kappa shape index (κ1) is 17.6. The van der Waals surface area contributed by atoms with Crippen molar-refractivity contribution in [3.05, 3.63) is 77.0 Å². The topological polar surface area (TPSA) is 46.6 Å². The molecule has 0 unspecified atom stereocenters. The Morgan fingerprint density at radius 2 is 1.63 bits per heavy atom. The van der Waals surface area contributed by atoms with E-state index in [1.807, 2.05) is 65.4 Å². The van der Waals surface area contributed by atoms with E-state index in [0.717, 1.165) is 26.7 Å². The second-order valence-corrected chi connectivity index (χ2v) is 7.63. The number of benzene rings is 2. The van der Waals surface area contributed by atoms with E-state index >= 15 is 0 Å². The van der Waals surface area contributed by atoms with Crippen molar-refractivity contribution in [1.82, 2.24) is 0 Å². The average molecular weight is 393 g/mol. The van der Waals surface area contributed by atoms with E-state index in [2.05, 4.69) is 0 Å². The number of rotatable bonds is 4. The molecule has 0 saturated carbocycles. The van der Waals surface area contributed by atoms with Crippen molar-refractivity contribution in [2.75, 3.05) is 11.5 Å². The van der Waals surface area contributed by atoms with E-state index in [4.69, 9.17) is 4.74 Å². The summed E-state index contributed by atoms with van der Waals surface area (Å²) < 4.78 is 5.17. The smallest absolute Gasteiger partial charge is 0.331 e. The molecule has 0 fully saturated rings. The normalized spacial score (nSPS) is 12.5. The zero-order valence-corrected chi connectivity index (χ0v) is 15.8. The summed E-state index contributed by atoms with van der Waals surface area (Å²) in [6, 6.07) is 17.3. The number of thiophene rings is 1. The summed E-state index contributed by atoms with van der Waals surface area (Å²) in [7, 11) is 0. The molecule has 0 spiro atoms. The van der Waals surface area contributed by atoms with Gasteiger partial charge in [0.15, 0.2) is 6.61 Å². The first-order valence-electron chi connectivity index (χ1n) is 8.28. The zero-order chi connectivity index (χ0) is 18.6. The van der Waals surface area contributed by atoms with E-state index in [-0.39, 0.29) is 12.5 Å². The zero-order valence-electron chi connectivity index (χ0n) is 14.2. The van der Waals surface area contributed by atoms with E-state index < -0.39 is 5.97 Å². The molecule has 6 heteroatoms. The SMILES string of the molecule is O=C(/C=C/c1ccsc1)OCC(=O)N1c2ccccc2Sc2ccccc21. The molecule has 0 aliphatic carbocycles. The van der Waals surface area contributed by atoms with Crippen LogP contribution in [0.3, 0.4) is 0 Å². The number of carbonyl (C=O) groups excluding carboxylic acids is 2. The fraction of sp³-hybridized carbons (Fsp3) is 0.0476. The maximum absolute atomic E-state index is 12.9. The van der Waals surface area contributed by atoms with Gasteiger partial charge in [-0.25, -0.2) is 4.79 Å². The van der Waals surface area contributed by atoms with E-state index in [0.29, 0.717) is 0 Å². The number of amides is 1. The van der Waals surface area contributed by atoms with Crippen LogP contribution in [-0.2, 0) is 14.3 Å². The predicted molar refractivity (Wildman–Crippen MR) is 108 cm³/mol. The fourth-order valence-electron chi connectivity index (χ4n) is 2.75. The lowest BCUT2D eigenvalue weighted by atomic mass is 10.2. The largest absolute Gasteiger partial charge is 0.452 e. The standard InChI is InChI=1S/C21H15NO3S2/c23-20(13-25-21(24)10-9-15-11-12-26-14-15)22-16-5-1-3-7-18(16)27-19-8-4-2-6-17(19)22/h1-12,14H,13H2/b10-9+. The Hall–Kier alpha value is -2.83. The first-order valence-corrected chi connectivity index (χ1v) is 10.0. The van der Waals surface area contributed by atoms with Crippen molar-refractivity contribution in [2.45, 2.75) is 9.79 Å². The van der Waals surface area contributed by atoms with Gasteiger partial charge in [-0.1, -0.05) is 36.0 Å². The summed E-state index contributed by atoms with van der Waals surface area (Å²) >= 11 is 3.17. The van der Waals surface area contributed by atoms with Gasteiger partial charge in [0.05, 0.1) is 11.4 Å². The van der Waals surface area contributed by atoms with Gasteiger partial charge < -0.3 is 4.74 Å². The van der Waals surface area contributed by atoms with Crippen LogP contribution < -0.4 is 4.90 Å². The lowest BCUT2D eigenvalue weighted by Gasteiger charge is -2.30. The first-order chi connectivity index (χ1) is 13.2. The summed E-state index contributed by atoms with van der Waals surface area (Å²) in [4.78, 5) is 28.4. The van der Waals surface area contributed by atoms with Gasteiger partial charge >= 0.3 is 5.97 Å². The molecule has 1 aromatic heterocycles. The summed E-state index contributed by atoms with van der Waals surface area (Å²) in [6.07, 6.45) is 3.01. The monoisotopic (exact) mass is 393 g/mol. The quantitative estimate of drug-likeness (QED) is 0.455. The molecular weight excluding hydrogens is 378 g/mol. The van der Waals surface area contributed by atoms with Gasteiger partial charge in [-0.2, -0.15) is 11.3 Å². The maximum atomic E-state index is 12.9. The van der Waals surface area contributed by atoms with Crippen molar-refractivity contribution in [3.8, 4) is 0 Å². The molecule has 4 rings (SSSR count). The Labute approximate surface area is 165 Å². The van der Waals surface area contributed by atoms with E-state index in [1.165, 1.54) is 6.08 Å². The molecule has 0 atom stereocenters. The third-order valence-electron chi connectivity index (χ3n) is 3.97.